The Morgan fingerprint density at radius 3 is 3.09 bits per heavy atom. The van der Waals surface area contributed by atoms with E-state index in [0.717, 1.165) is 48.1 Å². The molecular formula is C16H17N5O. The van der Waals surface area contributed by atoms with Crippen molar-refractivity contribution in [2.45, 2.75) is 0 Å². The van der Waals surface area contributed by atoms with Gasteiger partial charge in [-0.2, -0.15) is 0 Å². The number of fused-ring (bicyclic) bond motifs is 4. The summed E-state index contributed by atoms with van der Waals surface area (Å²) in [5, 5.41) is 11.3. The second-order valence-electron chi connectivity index (χ2n) is 5.19. The van der Waals surface area contributed by atoms with Crippen LogP contribution in [0, 0.1) is 0 Å². The molecule has 4 rings (SSSR count). The van der Waals surface area contributed by atoms with E-state index in [9.17, 15) is 0 Å². The van der Waals surface area contributed by atoms with E-state index in [2.05, 4.69) is 20.7 Å². The number of anilines is 1. The van der Waals surface area contributed by atoms with Gasteiger partial charge in [-0.3, -0.25) is 0 Å². The van der Waals surface area contributed by atoms with E-state index in [-0.39, 0.29) is 0 Å². The van der Waals surface area contributed by atoms with Gasteiger partial charge in [0, 0.05) is 25.2 Å². The van der Waals surface area contributed by atoms with Gasteiger partial charge in [0.05, 0.1) is 11.9 Å². The molecular weight excluding hydrogens is 278 g/mol. The van der Waals surface area contributed by atoms with Gasteiger partial charge in [-0.1, -0.05) is 12.1 Å². The highest BCUT2D eigenvalue weighted by molar-refractivity contribution is 5.65. The Balaban J connectivity index is 1.83. The molecule has 1 aromatic carbocycles. The molecule has 2 N–H and O–H groups in total. The summed E-state index contributed by atoms with van der Waals surface area (Å²) >= 11 is 0. The van der Waals surface area contributed by atoms with E-state index < -0.39 is 0 Å². The number of hydrogen-bond donors (Lipinski definition) is 2. The lowest BCUT2D eigenvalue weighted by atomic mass is 10.1. The molecule has 0 aliphatic carbocycles. The lowest BCUT2D eigenvalue weighted by Gasteiger charge is -2.11. The Labute approximate surface area is 128 Å². The van der Waals surface area contributed by atoms with Crippen LogP contribution in [0.5, 0.6) is 5.75 Å². The van der Waals surface area contributed by atoms with Crippen molar-refractivity contribution in [3.63, 3.8) is 0 Å². The number of rotatable bonds is 0. The largest absolute Gasteiger partial charge is 0.492 e. The maximum atomic E-state index is 5.79. The van der Waals surface area contributed by atoms with Gasteiger partial charge < -0.3 is 15.4 Å². The third-order valence-electron chi connectivity index (χ3n) is 3.65. The number of nitrogens with one attached hydrogen (secondary N) is 2. The SMILES string of the molecule is c1cc2cc(c1)-c1cnc3ccc(nn13)NCCNCCO2. The summed E-state index contributed by atoms with van der Waals surface area (Å²) in [5.74, 6) is 1.71. The number of aromatic nitrogens is 3. The molecule has 0 saturated heterocycles. The summed E-state index contributed by atoms with van der Waals surface area (Å²) in [6.45, 7) is 3.14. The van der Waals surface area contributed by atoms with Crippen molar-refractivity contribution in [1.29, 1.82) is 0 Å². The number of imidazole rings is 1. The molecule has 0 radical (unpaired) electrons. The predicted molar refractivity (Wildman–Crippen MR) is 85.3 cm³/mol. The van der Waals surface area contributed by atoms with Crippen LogP contribution in [-0.2, 0) is 0 Å². The number of benzene rings is 1. The summed E-state index contributed by atoms with van der Waals surface area (Å²) in [6, 6.07) is 12.0. The summed E-state index contributed by atoms with van der Waals surface area (Å²) < 4.78 is 7.65. The van der Waals surface area contributed by atoms with Gasteiger partial charge >= 0.3 is 0 Å². The summed E-state index contributed by atoms with van der Waals surface area (Å²) in [5.41, 5.74) is 2.83. The third-order valence-corrected chi connectivity index (χ3v) is 3.65. The smallest absolute Gasteiger partial charge is 0.154 e. The van der Waals surface area contributed by atoms with Crippen LogP contribution in [-0.4, -0.2) is 40.8 Å². The van der Waals surface area contributed by atoms with Crippen molar-refractivity contribution < 1.29 is 4.74 Å². The maximum absolute atomic E-state index is 5.79. The average molecular weight is 295 g/mol. The highest BCUT2D eigenvalue weighted by Crippen LogP contribution is 2.24. The zero-order chi connectivity index (χ0) is 14.8. The molecule has 3 aromatic rings. The normalized spacial score (nSPS) is 15.1. The Kier molecular flexibility index (Phi) is 3.36. The van der Waals surface area contributed by atoms with Gasteiger partial charge in [0.15, 0.2) is 5.65 Å². The standard InChI is InChI=1S/C16H17N5O/c1-2-12-10-13(3-1)22-9-8-17-6-7-18-15-4-5-16-19-11-14(12)21(16)20-15/h1-5,10-11,17H,6-9H2,(H,18,20). The van der Waals surface area contributed by atoms with E-state index in [1.54, 1.807) is 0 Å². The van der Waals surface area contributed by atoms with Gasteiger partial charge in [-0.25, -0.2) is 9.50 Å². The van der Waals surface area contributed by atoms with Crippen LogP contribution in [0.1, 0.15) is 0 Å². The minimum absolute atomic E-state index is 0.648. The molecule has 1 aliphatic heterocycles. The fourth-order valence-corrected chi connectivity index (χ4v) is 2.55. The van der Waals surface area contributed by atoms with Crippen molar-refractivity contribution in [2.75, 3.05) is 31.6 Å². The number of ether oxygens (including phenoxy) is 1. The first-order valence-corrected chi connectivity index (χ1v) is 7.43. The fraction of sp³-hybridized carbons (Fsp3) is 0.250. The van der Waals surface area contributed by atoms with Crippen LogP contribution < -0.4 is 15.4 Å². The molecule has 3 heterocycles. The van der Waals surface area contributed by atoms with Gasteiger partial charge in [-0.15, -0.1) is 5.10 Å². The molecule has 6 heteroatoms. The Hall–Kier alpha value is -2.60. The first kappa shape index (κ1) is 13.1. The van der Waals surface area contributed by atoms with E-state index in [1.165, 1.54) is 0 Å². The Morgan fingerprint density at radius 1 is 1.09 bits per heavy atom. The number of nitrogens with zero attached hydrogens (tertiary/aromatic N) is 3. The first-order valence-electron chi connectivity index (χ1n) is 7.43. The third kappa shape index (κ3) is 2.48. The second kappa shape index (κ2) is 5.65. The minimum atomic E-state index is 0.648. The molecule has 0 fully saturated rings. The summed E-state index contributed by atoms with van der Waals surface area (Å²) in [4.78, 5) is 4.42. The minimum Gasteiger partial charge on any atom is -0.492 e. The van der Waals surface area contributed by atoms with Crippen molar-refractivity contribution >= 4 is 11.5 Å². The monoisotopic (exact) mass is 295 g/mol. The molecule has 0 amide bonds. The van der Waals surface area contributed by atoms with Crippen LogP contribution in [0.25, 0.3) is 16.9 Å². The van der Waals surface area contributed by atoms with Gasteiger partial charge in [0.2, 0.25) is 0 Å². The van der Waals surface area contributed by atoms with Crippen LogP contribution in [0.2, 0.25) is 0 Å². The quantitative estimate of drug-likeness (QED) is 0.662. The fourth-order valence-electron chi connectivity index (χ4n) is 2.55. The Morgan fingerprint density at radius 2 is 2.09 bits per heavy atom. The Bertz CT molecular complexity index is 798. The second-order valence-corrected chi connectivity index (χ2v) is 5.19. The van der Waals surface area contributed by atoms with E-state index in [0.29, 0.717) is 6.61 Å². The van der Waals surface area contributed by atoms with Crippen LogP contribution in [0.3, 0.4) is 0 Å². The highest BCUT2D eigenvalue weighted by Gasteiger charge is 2.09. The molecule has 0 saturated carbocycles. The molecule has 1 aliphatic rings. The van der Waals surface area contributed by atoms with Crippen molar-refractivity contribution in [2.24, 2.45) is 0 Å². The lowest BCUT2D eigenvalue weighted by molar-refractivity contribution is 0.315. The zero-order valence-electron chi connectivity index (χ0n) is 12.1. The van der Waals surface area contributed by atoms with Crippen LogP contribution in [0.15, 0.2) is 42.6 Å². The molecule has 6 nitrogen and oxygen atoms in total. The maximum Gasteiger partial charge on any atom is 0.154 e. The van der Waals surface area contributed by atoms with Crippen molar-refractivity contribution in [1.82, 2.24) is 19.9 Å². The van der Waals surface area contributed by atoms with E-state index in [4.69, 9.17) is 4.74 Å². The molecule has 2 aromatic heterocycles. The summed E-state index contributed by atoms with van der Waals surface area (Å²) in [6.07, 6.45) is 1.85. The average Bonchev–Trinajstić information content (AvgIpc) is 2.97. The van der Waals surface area contributed by atoms with E-state index >= 15 is 0 Å². The molecule has 4 bridgehead atoms. The lowest BCUT2D eigenvalue weighted by Crippen LogP contribution is -2.27. The molecule has 0 spiro atoms. The van der Waals surface area contributed by atoms with Crippen LogP contribution >= 0.6 is 0 Å². The predicted octanol–water partition coefficient (Wildman–Crippen LogP) is 1.79. The van der Waals surface area contributed by atoms with E-state index in [1.807, 2.05) is 47.1 Å². The molecule has 0 unspecified atom stereocenters. The van der Waals surface area contributed by atoms with Gasteiger partial charge in [0.1, 0.15) is 18.2 Å². The van der Waals surface area contributed by atoms with Crippen LogP contribution in [0.4, 0.5) is 5.82 Å². The molecule has 22 heavy (non-hydrogen) atoms. The van der Waals surface area contributed by atoms with Gasteiger partial charge in [0.25, 0.3) is 0 Å². The van der Waals surface area contributed by atoms with Crippen molar-refractivity contribution in [3.8, 4) is 17.0 Å². The van der Waals surface area contributed by atoms with Crippen molar-refractivity contribution in [3.05, 3.63) is 42.6 Å². The highest BCUT2D eigenvalue weighted by atomic mass is 16.5. The zero-order valence-corrected chi connectivity index (χ0v) is 12.1. The number of hydrogen-bond acceptors (Lipinski definition) is 5. The molecule has 0 atom stereocenters. The molecule has 112 valence electrons. The summed E-state index contributed by atoms with van der Waals surface area (Å²) in [7, 11) is 0. The van der Waals surface area contributed by atoms with Gasteiger partial charge in [-0.05, 0) is 24.3 Å². The first-order chi connectivity index (χ1) is 10.9. The topological polar surface area (TPSA) is 63.5 Å².